The second-order valence-corrected chi connectivity index (χ2v) is 7.04. The smallest absolute Gasteiger partial charge is 0.410 e. The average Bonchev–Trinajstić information content (AvgIpc) is 2.81. The van der Waals surface area contributed by atoms with Gasteiger partial charge in [0, 0.05) is 36.7 Å². The SMILES string of the molecule is CN(CCn1cc(C(=O)O)c2ccc(Cl)cc21)C(=O)OC(C)(C)C. The van der Waals surface area contributed by atoms with Gasteiger partial charge in [-0.2, -0.15) is 0 Å². The molecule has 1 aromatic carbocycles. The lowest BCUT2D eigenvalue weighted by molar-refractivity contribution is 0.0293. The molecule has 24 heavy (non-hydrogen) atoms. The minimum atomic E-state index is -0.999. The molecule has 0 radical (unpaired) electrons. The van der Waals surface area contributed by atoms with Crippen LogP contribution in [0.2, 0.25) is 5.02 Å². The van der Waals surface area contributed by atoms with E-state index in [4.69, 9.17) is 16.3 Å². The number of carboxylic acids is 1. The monoisotopic (exact) mass is 352 g/mol. The minimum Gasteiger partial charge on any atom is -0.478 e. The molecule has 1 N–H and O–H groups in total. The fourth-order valence-corrected chi connectivity index (χ4v) is 2.48. The van der Waals surface area contributed by atoms with Crippen molar-refractivity contribution in [3.8, 4) is 0 Å². The number of benzene rings is 1. The van der Waals surface area contributed by atoms with Crippen molar-refractivity contribution < 1.29 is 19.4 Å². The predicted octanol–water partition coefficient (Wildman–Crippen LogP) is 3.86. The van der Waals surface area contributed by atoms with E-state index in [1.54, 1.807) is 56.8 Å². The second kappa shape index (κ2) is 6.73. The van der Waals surface area contributed by atoms with E-state index in [1.165, 1.54) is 4.90 Å². The standard InChI is InChI=1S/C17H21ClN2O4/c1-17(2,3)24-16(23)19(4)7-8-20-10-13(15(21)22)12-6-5-11(18)9-14(12)20/h5-6,9-10H,7-8H2,1-4H3,(H,21,22). The zero-order chi connectivity index (χ0) is 18.1. The lowest BCUT2D eigenvalue weighted by Gasteiger charge is -2.24. The third-order valence-electron chi connectivity index (χ3n) is 3.46. The van der Waals surface area contributed by atoms with Gasteiger partial charge in [-0.25, -0.2) is 9.59 Å². The fourth-order valence-electron chi connectivity index (χ4n) is 2.31. The molecular formula is C17H21ClN2O4. The number of halogens is 1. The van der Waals surface area contributed by atoms with E-state index >= 15 is 0 Å². The highest BCUT2D eigenvalue weighted by Gasteiger charge is 2.20. The Morgan fingerprint density at radius 2 is 2.00 bits per heavy atom. The van der Waals surface area contributed by atoms with Gasteiger partial charge in [-0.15, -0.1) is 0 Å². The Labute approximate surface area is 145 Å². The molecule has 7 heteroatoms. The summed E-state index contributed by atoms with van der Waals surface area (Å²) in [6, 6.07) is 5.07. The molecule has 0 atom stereocenters. The van der Waals surface area contributed by atoms with E-state index in [9.17, 15) is 14.7 Å². The van der Waals surface area contributed by atoms with E-state index in [0.717, 1.165) is 5.52 Å². The number of carbonyl (C=O) groups is 2. The van der Waals surface area contributed by atoms with Crippen molar-refractivity contribution in [3.05, 3.63) is 35.0 Å². The highest BCUT2D eigenvalue weighted by Crippen LogP contribution is 2.25. The molecule has 0 fully saturated rings. The molecule has 6 nitrogen and oxygen atoms in total. The Morgan fingerprint density at radius 3 is 2.58 bits per heavy atom. The van der Waals surface area contributed by atoms with E-state index in [-0.39, 0.29) is 5.56 Å². The highest BCUT2D eigenvalue weighted by atomic mass is 35.5. The number of nitrogens with zero attached hydrogens (tertiary/aromatic N) is 2. The Balaban J connectivity index is 2.19. The molecule has 1 aromatic heterocycles. The van der Waals surface area contributed by atoms with Crippen LogP contribution in [0.5, 0.6) is 0 Å². The first-order valence-corrected chi connectivity index (χ1v) is 7.92. The van der Waals surface area contributed by atoms with Crippen molar-refractivity contribution >= 4 is 34.6 Å². The predicted molar refractivity (Wildman–Crippen MR) is 92.8 cm³/mol. The molecule has 0 aliphatic heterocycles. The first-order valence-electron chi connectivity index (χ1n) is 7.54. The molecule has 0 bridgehead atoms. The van der Waals surface area contributed by atoms with Gasteiger partial charge in [0.1, 0.15) is 5.60 Å². The number of hydrogen-bond acceptors (Lipinski definition) is 3. The Hall–Kier alpha value is -2.21. The maximum absolute atomic E-state index is 12.0. The topological polar surface area (TPSA) is 71.8 Å². The van der Waals surface area contributed by atoms with Crippen molar-refractivity contribution in [2.75, 3.05) is 13.6 Å². The normalized spacial score (nSPS) is 11.5. The molecule has 0 saturated carbocycles. The molecule has 0 aliphatic rings. The molecule has 0 aliphatic carbocycles. The van der Waals surface area contributed by atoms with Gasteiger partial charge in [-0.05, 0) is 32.9 Å². The van der Waals surface area contributed by atoms with Gasteiger partial charge in [0.2, 0.25) is 0 Å². The Kier molecular flexibility index (Phi) is 5.08. The number of amides is 1. The summed E-state index contributed by atoms with van der Waals surface area (Å²) in [5.74, 6) is -0.999. The summed E-state index contributed by atoms with van der Waals surface area (Å²) in [7, 11) is 1.64. The summed E-state index contributed by atoms with van der Waals surface area (Å²) in [6.07, 6.45) is 1.14. The van der Waals surface area contributed by atoms with Crippen LogP contribution in [0.1, 0.15) is 31.1 Å². The van der Waals surface area contributed by atoms with Gasteiger partial charge in [-0.1, -0.05) is 17.7 Å². The zero-order valence-electron chi connectivity index (χ0n) is 14.2. The van der Waals surface area contributed by atoms with Crippen LogP contribution >= 0.6 is 11.6 Å². The molecule has 1 amide bonds. The zero-order valence-corrected chi connectivity index (χ0v) is 14.9. The molecule has 130 valence electrons. The van der Waals surface area contributed by atoms with Crippen LogP contribution in [0, 0.1) is 0 Å². The Morgan fingerprint density at radius 1 is 1.33 bits per heavy atom. The van der Waals surface area contributed by atoms with Crippen molar-refractivity contribution in [3.63, 3.8) is 0 Å². The third kappa shape index (κ3) is 4.20. The van der Waals surface area contributed by atoms with E-state index in [0.29, 0.717) is 23.5 Å². The number of likely N-dealkylation sites (N-methyl/N-ethyl adjacent to an activating group) is 1. The van der Waals surface area contributed by atoms with Crippen LogP contribution in [0.4, 0.5) is 4.79 Å². The van der Waals surface area contributed by atoms with E-state index < -0.39 is 17.7 Å². The summed E-state index contributed by atoms with van der Waals surface area (Å²) < 4.78 is 7.08. The molecular weight excluding hydrogens is 332 g/mol. The lowest BCUT2D eigenvalue weighted by Crippen LogP contribution is -2.35. The number of aromatic nitrogens is 1. The Bertz CT molecular complexity index is 777. The lowest BCUT2D eigenvalue weighted by atomic mass is 10.2. The van der Waals surface area contributed by atoms with Gasteiger partial charge in [0.25, 0.3) is 0 Å². The van der Waals surface area contributed by atoms with Crippen molar-refractivity contribution in [2.24, 2.45) is 0 Å². The number of aromatic carboxylic acids is 1. The van der Waals surface area contributed by atoms with Crippen LogP contribution < -0.4 is 0 Å². The summed E-state index contributed by atoms with van der Waals surface area (Å²) in [5, 5.41) is 10.5. The molecule has 1 heterocycles. The van der Waals surface area contributed by atoms with Crippen molar-refractivity contribution in [1.29, 1.82) is 0 Å². The molecule has 0 unspecified atom stereocenters. The summed E-state index contributed by atoms with van der Waals surface area (Å²) in [4.78, 5) is 24.8. The first kappa shape index (κ1) is 18.1. The number of hydrogen-bond donors (Lipinski definition) is 1. The van der Waals surface area contributed by atoms with Gasteiger partial charge in [0.05, 0.1) is 11.1 Å². The fraction of sp³-hybridized carbons (Fsp3) is 0.412. The number of carboxylic acid groups (broad SMARTS) is 1. The average molecular weight is 353 g/mol. The van der Waals surface area contributed by atoms with Gasteiger partial charge in [0.15, 0.2) is 0 Å². The van der Waals surface area contributed by atoms with Crippen LogP contribution in [-0.2, 0) is 11.3 Å². The highest BCUT2D eigenvalue weighted by molar-refractivity contribution is 6.31. The maximum atomic E-state index is 12.0. The van der Waals surface area contributed by atoms with E-state index in [2.05, 4.69) is 0 Å². The quantitative estimate of drug-likeness (QED) is 0.906. The summed E-state index contributed by atoms with van der Waals surface area (Å²) in [6.45, 7) is 6.22. The number of ether oxygens (including phenoxy) is 1. The minimum absolute atomic E-state index is 0.210. The van der Waals surface area contributed by atoms with Crippen molar-refractivity contribution in [2.45, 2.75) is 32.9 Å². The molecule has 0 saturated heterocycles. The molecule has 2 rings (SSSR count). The number of rotatable bonds is 4. The van der Waals surface area contributed by atoms with Crippen LogP contribution in [0.3, 0.4) is 0 Å². The summed E-state index contributed by atoms with van der Waals surface area (Å²) in [5.41, 5.74) is 0.370. The van der Waals surface area contributed by atoms with Crippen LogP contribution in [0.25, 0.3) is 10.9 Å². The molecule has 2 aromatic rings. The second-order valence-electron chi connectivity index (χ2n) is 6.60. The largest absolute Gasteiger partial charge is 0.478 e. The number of carbonyl (C=O) groups excluding carboxylic acids is 1. The van der Waals surface area contributed by atoms with Gasteiger partial charge in [-0.3, -0.25) is 0 Å². The molecule has 0 spiro atoms. The van der Waals surface area contributed by atoms with Crippen molar-refractivity contribution in [1.82, 2.24) is 9.47 Å². The maximum Gasteiger partial charge on any atom is 0.410 e. The summed E-state index contributed by atoms with van der Waals surface area (Å²) >= 11 is 6.02. The van der Waals surface area contributed by atoms with E-state index in [1.807, 2.05) is 0 Å². The first-order chi connectivity index (χ1) is 11.1. The third-order valence-corrected chi connectivity index (χ3v) is 3.69. The number of fused-ring (bicyclic) bond motifs is 1. The van der Waals surface area contributed by atoms with Crippen LogP contribution in [-0.4, -0.2) is 45.8 Å². The van der Waals surface area contributed by atoms with Gasteiger partial charge < -0.3 is 19.3 Å². The van der Waals surface area contributed by atoms with Crippen LogP contribution in [0.15, 0.2) is 24.4 Å². The van der Waals surface area contributed by atoms with Gasteiger partial charge >= 0.3 is 12.1 Å².